The lowest BCUT2D eigenvalue weighted by atomic mass is 10.0. The van der Waals surface area contributed by atoms with E-state index in [0.717, 1.165) is 13.0 Å². The molecule has 1 heterocycles. The molecule has 0 bridgehead atoms. The fraction of sp³-hybridized carbons (Fsp3) is 0.192. The standard InChI is InChI=1S/C26H26N.BrH/c1-4-10-23(11-5-1)25-16-14-22(15-17-25)9-3-2-8-19-27-20-18-24-12-6-7-13-26(24)21-27;/h1,4-7,10-18,20-21H,2-3,8-9,19H2;1H/q+1;/p-1. The van der Waals surface area contributed by atoms with Crippen LogP contribution >= 0.6 is 0 Å². The summed E-state index contributed by atoms with van der Waals surface area (Å²) in [4.78, 5) is 0. The molecule has 2 heteroatoms. The van der Waals surface area contributed by atoms with Gasteiger partial charge < -0.3 is 17.0 Å². The molecule has 1 aromatic heterocycles. The predicted octanol–water partition coefficient (Wildman–Crippen LogP) is 3.21. The zero-order valence-corrected chi connectivity index (χ0v) is 17.7. The minimum absolute atomic E-state index is 0. The third kappa shape index (κ3) is 5.30. The second kappa shape index (κ2) is 10.2. The lowest BCUT2D eigenvalue weighted by Gasteiger charge is -2.05. The van der Waals surface area contributed by atoms with Gasteiger partial charge in [0.15, 0.2) is 12.4 Å². The Balaban J connectivity index is 0.00000225. The number of rotatable bonds is 7. The first-order chi connectivity index (χ1) is 13.4. The zero-order chi connectivity index (χ0) is 18.3. The first kappa shape index (κ1) is 20.3. The molecule has 0 fully saturated rings. The van der Waals surface area contributed by atoms with Crippen molar-refractivity contribution in [3.8, 4) is 11.1 Å². The van der Waals surface area contributed by atoms with Crippen molar-refractivity contribution in [1.82, 2.24) is 0 Å². The molecular weight excluding hydrogens is 406 g/mol. The summed E-state index contributed by atoms with van der Waals surface area (Å²) in [6.07, 6.45) is 9.37. The highest BCUT2D eigenvalue weighted by Crippen LogP contribution is 2.20. The van der Waals surface area contributed by atoms with Crippen LogP contribution in [0.25, 0.3) is 21.9 Å². The normalized spacial score (nSPS) is 10.6. The maximum absolute atomic E-state index is 2.32. The van der Waals surface area contributed by atoms with E-state index < -0.39 is 0 Å². The monoisotopic (exact) mass is 431 g/mol. The van der Waals surface area contributed by atoms with Crippen LogP contribution in [0.5, 0.6) is 0 Å². The topological polar surface area (TPSA) is 3.88 Å². The molecular formula is C26H26BrN. The Kier molecular flexibility index (Phi) is 7.39. The van der Waals surface area contributed by atoms with Crippen LogP contribution in [0.3, 0.4) is 0 Å². The lowest BCUT2D eigenvalue weighted by molar-refractivity contribution is -0.696. The molecule has 0 unspecified atom stereocenters. The molecule has 142 valence electrons. The smallest absolute Gasteiger partial charge is 0.176 e. The maximum atomic E-state index is 2.32. The van der Waals surface area contributed by atoms with Crippen molar-refractivity contribution in [3.05, 3.63) is 103 Å². The molecule has 1 nitrogen and oxygen atoms in total. The van der Waals surface area contributed by atoms with Crippen molar-refractivity contribution in [1.29, 1.82) is 0 Å². The molecule has 0 aliphatic heterocycles. The molecule has 3 aromatic carbocycles. The fourth-order valence-electron chi connectivity index (χ4n) is 3.61. The molecule has 0 amide bonds. The number of benzene rings is 3. The van der Waals surface area contributed by atoms with Crippen LogP contribution in [-0.4, -0.2) is 0 Å². The van der Waals surface area contributed by atoms with Gasteiger partial charge in [0.1, 0.15) is 6.54 Å². The number of fused-ring (bicyclic) bond motifs is 1. The number of nitrogens with zero attached hydrogens (tertiary/aromatic N) is 1. The first-order valence-corrected chi connectivity index (χ1v) is 9.91. The number of aryl methyl sites for hydroxylation is 2. The van der Waals surface area contributed by atoms with Gasteiger partial charge >= 0.3 is 0 Å². The highest BCUT2D eigenvalue weighted by Gasteiger charge is 2.03. The summed E-state index contributed by atoms with van der Waals surface area (Å²) in [6.45, 7) is 1.10. The van der Waals surface area contributed by atoms with Crippen LogP contribution in [0.1, 0.15) is 24.8 Å². The van der Waals surface area contributed by atoms with Gasteiger partial charge in [0.05, 0.1) is 0 Å². The van der Waals surface area contributed by atoms with Crippen LogP contribution < -0.4 is 21.5 Å². The van der Waals surface area contributed by atoms with Crippen molar-refractivity contribution in [3.63, 3.8) is 0 Å². The molecule has 28 heavy (non-hydrogen) atoms. The van der Waals surface area contributed by atoms with Crippen LogP contribution in [0, 0.1) is 0 Å². The molecule has 0 aliphatic carbocycles. The average Bonchev–Trinajstić information content (AvgIpc) is 2.74. The molecule has 0 spiro atoms. The number of pyridine rings is 1. The molecule has 0 aliphatic rings. The number of unbranched alkanes of at least 4 members (excludes halogenated alkanes) is 2. The Morgan fingerprint density at radius 1 is 0.571 bits per heavy atom. The number of aromatic nitrogens is 1. The van der Waals surface area contributed by atoms with Gasteiger partial charge in [-0.05, 0) is 47.4 Å². The van der Waals surface area contributed by atoms with Crippen LogP contribution in [-0.2, 0) is 13.0 Å². The highest BCUT2D eigenvalue weighted by atomic mass is 79.9. The van der Waals surface area contributed by atoms with E-state index >= 15 is 0 Å². The number of hydrogen-bond acceptors (Lipinski definition) is 0. The Morgan fingerprint density at radius 3 is 2.04 bits per heavy atom. The van der Waals surface area contributed by atoms with E-state index in [1.54, 1.807) is 0 Å². The molecule has 0 atom stereocenters. The molecule has 0 N–H and O–H groups in total. The summed E-state index contributed by atoms with van der Waals surface area (Å²) in [7, 11) is 0. The third-order valence-corrected chi connectivity index (χ3v) is 5.19. The van der Waals surface area contributed by atoms with Crippen molar-refractivity contribution in [2.75, 3.05) is 0 Å². The summed E-state index contributed by atoms with van der Waals surface area (Å²) in [6, 6.07) is 30.4. The maximum Gasteiger partial charge on any atom is 0.176 e. The van der Waals surface area contributed by atoms with Crippen molar-refractivity contribution in [2.45, 2.75) is 32.2 Å². The van der Waals surface area contributed by atoms with Gasteiger partial charge in [-0.25, -0.2) is 4.57 Å². The van der Waals surface area contributed by atoms with E-state index in [9.17, 15) is 0 Å². The summed E-state index contributed by atoms with van der Waals surface area (Å²) >= 11 is 0. The highest BCUT2D eigenvalue weighted by molar-refractivity contribution is 5.80. The van der Waals surface area contributed by atoms with Crippen LogP contribution in [0.15, 0.2) is 97.3 Å². The largest absolute Gasteiger partial charge is 1.00 e. The van der Waals surface area contributed by atoms with Gasteiger partial charge in [0.25, 0.3) is 0 Å². The van der Waals surface area contributed by atoms with E-state index in [-0.39, 0.29) is 17.0 Å². The van der Waals surface area contributed by atoms with E-state index in [2.05, 4.69) is 102 Å². The minimum Gasteiger partial charge on any atom is -1.00 e. The molecule has 0 radical (unpaired) electrons. The summed E-state index contributed by atoms with van der Waals surface area (Å²) in [5.41, 5.74) is 4.02. The van der Waals surface area contributed by atoms with Crippen LogP contribution in [0.2, 0.25) is 0 Å². The van der Waals surface area contributed by atoms with Gasteiger partial charge in [0, 0.05) is 17.9 Å². The summed E-state index contributed by atoms with van der Waals surface area (Å²) in [5, 5.41) is 2.63. The van der Waals surface area contributed by atoms with Crippen LogP contribution in [0.4, 0.5) is 0 Å². The molecule has 0 saturated heterocycles. The van der Waals surface area contributed by atoms with Gasteiger partial charge in [-0.1, -0.05) is 72.8 Å². The first-order valence-electron chi connectivity index (χ1n) is 9.91. The molecule has 4 rings (SSSR count). The van der Waals surface area contributed by atoms with E-state index in [4.69, 9.17) is 0 Å². The van der Waals surface area contributed by atoms with E-state index in [1.165, 1.54) is 46.7 Å². The summed E-state index contributed by atoms with van der Waals surface area (Å²) in [5.74, 6) is 0. The second-order valence-corrected chi connectivity index (χ2v) is 7.19. The average molecular weight is 432 g/mol. The van der Waals surface area contributed by atoms with Crippen molar-refractivity contribution < 1.29 is 21.5 Å². The Morgan fingerprint density at radius 2 is 1.25 bits per heavy atom. The lowest BCUT2D eigenvalue weighted by Crippen LogP contribution is -3.00. The Bertz CT molecular complexity index is 994. The zero-order valence-electron chi connectivity index (χ0n) is 16.1. The third-order valence-electron chi connectivity index (χ3n) is 5.19. The van der Waals surface area contributed by atoms with Crippen molar-refractivity contribution >= 4 is 10.8 Å². The number of halogens is 1. The predicted molar refractivity (Wildman–Crippen MR) is 114 cm³/mol. The Hall–Kier alpha value is -2.45. The Labute approximate surface area is 178 Å². The van der Waals surface area contributed by atoms with Gasteiger partial charge in [-0.3, -0.25) is 0 Å². The summed E-state index contributed by atoms with van der Waals surface area (Å²) < 4.78 is 2.32. The quantitative estimate of drug-likeness (QED) is 0.312. The minimum atomic E-state index is 0. The second-order valence-electron chi connectivity index (χ2n) is 7.19. The molecule has 0 saturated carbocycles. The van der Waals surface area contributed by atoms with Gasteiger partial charge in [0.2, 0.25) is 0 Å². The van der Waals surface area contributed by atoms with Gasteiger partial charge in [-0.15, -0.1) is 0 Å². The van der Waals surface area contributed by atoms with Gasteiger partial charge in [-0.2, -0.15) is 0 Å². The SMILES string of the molecule is [Br-].c1ccc(-c2ccc(CCCCC[n+]3ccc4ccccc4c3)cc2)cc1. The van der Waals surface area contributed by atoms with Crippen molar-refractivity contribution in [2.24, 2.45) is 0 Å². The van der Waals surface area contributed by atoms with E-state index in [1.807, 2.05) is 0 Å². The van der Waals surface area contributed by atoms with E-state index in [0.29, 0.717) is 0 Å². The molecule has 4 aromatic rings. The number of hydrogen-bond donors (Lipinski definition) is 0. The fourth-order valence-corrected chi connectivity index (χ4v) is 3.61.